The minimum Gasteiger partial charge on any atom is -0.392 e. The topological polar surface area (TPSA) is 75.9 Å². The number of tetrazole rings is 1. The average molecular weight is 273 g/mol. The maximum absolute atomic E-state index is 9.78. The van der Waals surface area contributed by atoms with Crippen LogP contribution in [0.3, 0.4) is 0 Å². The SMILES string of the molecule is Cc1cc(NC2CC(O)C2(C)C)ccc1-n1cnnn1. The van der Waals surface area contributed by atoms with Gasteiger partial charge in [-0.3, -0.25) is 0 Å². The molecule has 2 N–H and O–H groups in total. The molecule has 0 bridgehead atoms. The molecule has 1 fully saturated rings. The Kier molecular flexibility index (Phi) is 2.97. The van der Waals surface area contributed by atoms with E-state index in [-0.39, 0.29) is 11.5 Å². The van der Waals surface area contributed by atoms with E-state index in [0.717, 1.165) is 23.4 Å². The summed E-state index contributed by atoms with van der Waals surface area (Å²) < 4.78 is 1.65. The zero-order valence-corrected chi connectivity index (χ0v) is 11.9. The zero-order chi connectivity index (χ0) is 14.3. The second-order valence-corrected chi connectivity index (χ2v) is 6.03. The minimum absolute atomic E-state index is 0.0810. The fourth-order valence-corrected chi connectivity index (χ4v) is 2.62. The van der Waals surface area contributed by atoms with Crippen LogP contribution in [0.4, 0.5) is 5.69 Å². The number of hydrogen-bond acceptors (Lipinski definition) is 5. The summed E-state index contributed by atoms with van der Waals surface area (Å²) in [5.41, 5.74) is 3.04. The Morgan fingerprint density at radius 3 is 2.75 bits per heavy atom. The molecule has 1 aliphatic rings. The molecular formula is C14H19N5O. The van der Waals surface area contributed by atoms with E-state index >= 15 is 0 Å². The standard InChI is InChI=1S/C14H19N5O/c1-9-6-10(16-12-7-13(20)14(12,2)3)4-5-11(9)19-8-15-17-18-19/h4-6,8,12-13,16,20H,7H2,1-3H3. The van der Waals surface area contributed by atoms with Crippen LogP contribution < -0.4 is 5.32 Å². The molecule has 0 saturated heterocycles. The Labute approximate surface area is 117 Å². The van der Waals surface area contributed by atoms with Gasteiger partial charge >= 0.3 is 0 Å². The van der Waals surface area contributed by atoms with Crippen LogP contribution in [0, 0.1) is 12.3 Å². The molecule has 20 heavy (non-hydrogen) atoms. The first-order valence-electron chi connectivity index (χ1n) is 6.77. The van der Waals surface area contributed by atoms with Gasteiger partial charge in [0, 0.05) is 17.1 Å². The van der Waals surface area contributed by atoms with Gasteiger partial charge in [0.1, 0.15) is 6.33 Å². The number of aliphatic hydroxyl groups is 1. The van der Waals surface area contributed by atoms with Gasteiger partial charge < -0.3 is 10.4 Å². The van der Waals surface area contributed by atoms with Crippen LogP contribution in [0.15, 0.2) is 24.5 Å². The number of aryl methyl sites for hydroxylation is 1. The van der Waals surface area contributed by atoms with E-state index in [1.165, 1.54) is 0 Å². The smallest absolute Gasteiger partial charge is 0.143 e. The van der Waals surface area contributed by atoms with E-state index in [1.807, 2.05) is 19.1 Å². The third-order valence-corrected chi connectivity index (χ3v) is 4.35. The van der Waals surface area contributed by atoms with Crippen LogP contribution >= 0.6 is 0 Å². The number of rotatable bonds is 3. The zero-order valence-electron chi connectivity index (χ0n) is 11.9. The van der Waals surface area contributed by atoms with Crippen molar-refractivity contribution < 1.29 is 5.11 Å². The van der Waals surface area contributed by atoms with Gasteiger partial charge in [-0.25, -0.2) is 4.68 Å². The lowest BCUT2D eigenvalue weighted by Crippen LogP contribution is -2.56. The molecule has 0 amide bonds. The maximum atomic E-state index is 9.78. The van der Waals surface area contributed by atoms with E-state index in [4.69, 9.17) is 0 Å². The van der Waals surface area contributed by atoms with Crippen LogP contribution in [0.25, 0.3) is 5.69 Å². The molecule has 1 aromatic carbocycles. The number of hydrogen-bond donors (Lipinski definition) is 2. The molecular weight excluding hydrogens is 254 g/mol. The van der Waals surface area contributed by atoms with Gasteiger partial charge in [-0.2, -0.15) is 0 Å². The first-order chi connectivity index (χ1) is 9.48. The van der Waals surface area contributed by atoms with E-state index in [1.54, 1.807) is 11.0 Å². The second-order valence-electron chi connectivity index (χ2n) is 6.03. The Hall–Kier alpha value is -1.95. The molecule has 6 heteroatoms. The predicted octanol–water partition coefficient (Wildman–Crippen LogP) is 1.54. The van der Waals surface area contributed by atoms with E-state index in [9.17, 15) is 5.11 Å². The van der Waals surface area contributed by atoms with Gasteiger partial charge in [0.05, 0.1) is 11.8 Å². The van der Waals surface area contributed by atoms with Gasteiger partial charge in [0.15, 0.2) is 0 Å². The van der Waals surface area contributed by atoms with Crippen LogP contribution in [0.1, 0.15) is 25.8 Å². The van der Waals surface area contributed by atoms with Crippen LogP contribution in [-0.4, -0.2) is 37.5 Å². The minimum atomic E-state index is -0.221. The van der Waals surface area contributed by atoms with Gasteiger partial charge in [0.25, 0.3) is 0 Å². The van der Waals surface area contributed by atoms with E-state index in [0.29, 0.717) is 6.04 Å². The van der Waals surface area contributed by atoms with E-state index < -0.39 is 0 Å². The molecule has 2 atom stereocenters. The summed E-state index contributed by atoms with van der Waals surface area (Å²) in [7, 11) is 0. The summed E-state index contributed by atoms with van der Waals surface area (Å²) >= 11 is 0. The highest BCUT2D eigenvalue weighted by molar-refractivity contribution is 5.54. The van der Waals surface area contributed by atoms with Crippen molar-refractivity contribution in [3.8, 4) is 5.69 Å². The molecule has 1 heterocycles. The van der Waals surface area contributed by atoms with Crippen LogP contribution in [0.5, 0.6) is 0 Å². The fraction of sp³-hybridized carbons (Fsp3) is 0.500. The maximum Gasteiger partial charge on any atom is 0.143 e. The predicted molar refractivity (Wildman–Crippen MR) is 75.7 cm³/mol. The summed E-state index contributed by atoms with van der Waals surface area (Å²) in [5, 5.41) is 24.5. The summed E-state index contributed by atoms with van der Waals surface area (Å²) in [5.74, 6) is 0. The normalized spacial score (nSPS) is 24.2. The van der Waals surface area contributed by atoms with Crippen molar-refractivity contribution in [1.82, 2.24) is 20.2 Å². The van der Waals surface area contributed by atoms with Gasteiger partial charge in [-0.1, -0.05) is 13.8 Å². The molecule has 106 valence electrons. The van der Waals surface area contributed by atoms with Crippen molar-refractivity contribution in [2.75, 3.05) is 5.32 Å². The van der Waals surface area contributed by atoms with Crippen molar-refractivity contribution in [2.24, 2.45) is 5.41 Å². The molecule has 2 aromatic rings. The summed E-state index contributed by atoms with van der Waals surface area (Å²) in [6.45, 7) is 6.20. The molecule has 0 radical (unpaired) electrons. The number of nitrogens with one attached hydrogen (secondary N) is 1. The third kappa shape index (κ3) is 2.06. The molecule has 3 rings (SSSR count). The molecule has 6 nitrogen and oxygen atoms in total. The van der Waals surface area contributed by atoms with E-state index in [2.05, 4.69) is 40.8 Å². The van der Waals surface area contributed by atoms with Crippen molar-refractivity contribution in [3.05, 3.63) is 30.1 Å². The quantitative estimate of drug-likeness (QED) is 0.887. The molecule has 2 unspecified atom stereocenters. The first kappa shape index (κ1) is 13.1. The number of aromatic nitrogens is 4. The lowest BCUT2D eigenvalue weighted by atomic mass is 9.64. The average Bonchev–Trinajstić information content (AvgIpc) is 2.92. The second kappa shape index (κ2) is 4.56. The van der Waals surface area contributed by atoms with Crippen LogP contribution in [0.2, 0.25) is 0 Å². The largest absolute Gasteiger partial charge is 0.392 e. The fourth-order valence-electron chi connectivity index (χ4n) is 2.62. The Morgan fingerprint density at radius 2 is 2.20 bits per heavy atom. The van der Waals surface area contributed by atoms with Gasteiger partial charge in [-0.15, -0.1) is 5.10 Å². The van der Waals surface area contributed by atoms with Crippen molar-refractivity contribution in [2.45, 2.75) is 39.3 Å². The van der Waals surface area contributed by atoms with Crippen molar-refractivity contribution in [1.29, 1.82) is 0 Å². The summed E-state index contributed by atoms with van der Waals surface area (Å²) in [4.78, 5) is 0. The summed E-state index contributed by atoms with van der Waals surface area (Å²) in [6.07, 6.45) is 2.16. The molecule has 1 aliphatic carbocycles. The molecule has 0 spiro atoms. The highest BCUT2D eigenvalue weighted by Crippen LogP contribution is 2.42. The van der Waals surface area contributed by atoms with Gasteiger partial charge in [-0.05, 0) is 47.5 Å². The summed E-state index contributed by atoms with van der Waals surface area (Å²) in [6, 6.07) is 6.40. The Balaban J connectivity index is 1.78. The third-order valence-electron chi connectivity index (χ3n) is 4.35. The lowest BCUT2D eigenvalue weighted by Gasteiger charge is -2.49. The van der Waals surface area contributed by atoms with Crippen LogP contribution in [-0.2, 0) is 0 Å². The molecule has 0 aliphatic heterocycles. The first-order valence-corrected chi connectivity index (χ1v) is 6.77. The lowest BCUT2D eigenvalue weighted by molar-refractivity contribution is -0.0510. The Bertz CT molecular complexity index is 608. The highest BCUT2D eigenvalue weighted by atomic mass is 16.3. The Morgan fingerprint density at radius 1 is 1.40 bits per heavy atom. The molecule has 1 saturated carbocycles. The number of aliphatic hydroxyl groups excluding tert-OH is 1. The highest BCUT2D eigenvalue weighted by Gasteiger charge is 2.47. The monoisotopic (exact) mass is 273 g/mol. The number of benzene rings is 1. The number of anilines is 1. The van der Waals surface area contributed by atoms with Gasteiger partial charge in [0.2, 0.25) is 0 Å². The van der Waals surface area contributed by atoms with Crippen molar-refractivity contribution in [3.63, 3.8) is 0 Å². The van der Waals surface area contributed by atoms with Crippen molar-refractivity contribution >= 4 is 5.69 Å². The number of nitrogens with zero attached hydrogens (tertiary/aromatic N) is 4. The molecule has 1 aromatic heterocycles.